The van der Waals surface area contributed by atoms with Gasteiger partial charge in [0.15, 0.2) is 6.61 Å². The van der Waals surface area contributed by atoms with E-state index in [0.29, 0.717) is 12.1 Å². The smallest absolute Gasteiger partial charge is 0.422 e. The first-order chi connectivity index (χ1) is 10.4. The van der Waals surface area contributed by atoms with E-state index in [-0.39, 0.29) is 11.6 Å². The zero-order chi connectivity index (χ0) is 16.2. The number of amides is 1. The number of aryl methyl sites for hydroxylation is 1. The van der Waals surface area contributed by atoms with Gasteiger partial charge in [-0.2, -0.15) is 18.3 Å². The lowest BCUT2D eigenvalue weighted by Gasteiger charge is -2.09. The molecule has 2 rings (SSSR count). The van der Waals surface area contributed by atoms with E-state index in [0.717, 1.165) is 0 Å². The molecule has 0 aliphatic heterocycles. The fourth-order valence-corrected chi connectivity index (χ4v) is 1.58. The van der Waals surface area contributed by atoms with Crippen LogP contribution in [0.1, 0.15) is 17.3 Å². The predicted molar refractivity (Wildman–Crippen MR) is 71.6 cm³/mol. The van der Waals surface area contributed by atoms with Gasteiger partial charge in [-0.3, -0.25) is 9.48 Å². The second-order valence-electron chi connectivity index (χ2n) is 4.33. The van der Waals surface area contributed by atoms with Gasteiger partial charge in [-0.05, 0) is 13.0 Å². The summed E-state index contributed by atoms with van der Waals surface area (Å²) >= 11 is 0. The lowest BCUT2D eigenvalue weighted by atomic mass is 10.3. The van der Waals surface area contributed by atoms with Crippen molar-refractivity contribution in [3.05, 3.63) is 36.3 Å². The van der Waals surface area contributed by atoms with Crippen LogP contribution in [0, 0.1) is 0 Å². The van der Waals surface area contributed by atoms with Gasteiger partial charge in [-0.15, -0.1) is 0 Å². The van der Waals surface area contributed by atoms with Crippen LogP contribution in [0.25, 0.3) is 0 Å². The van der Waals surface area contributed by atoms with Crippen molar-refractivity contribution in [3.8, 4) is 5.88 Å². The van der Waals surface area contributed by atoms with Crippen LogP contribution in [-0.2, 0) is 6.54 Å². The maximum absolute atomic E-state index is 12.1. The number of aromatic nitrogens is 3. The van der Waals surface area contributed by atoms with Crippen molar-refractivity contribution in [3.63, 3.8) is 0 Å². The fourth-order valence-electron chi connectivity index (χ4n) is 1.58. The normalized spacial score (nSPS) is 11.3. The number of alkyl halides is 3. The van der Waals surface area contributed by atoms with Crippen molar-refractivity contribution >= 4 is 11.6 Å². The molecule has 1 N–H and O–H groups in total. The maximum Gasteiger partial charge on any atom is 0.422 e. The molecular weight excluding hydrogens is 301 g/mol. The van der Waals surface area contributed by atoms with Crippen LogP contribution >= 0.6 is 0 Å². The molecule has 0 radical (unpaired) electrons. The van der Waals surface area contributed by atoms with Crippen molar-refractivity contribution in [1.82, 2.24) is 14.8 Å². The number of rotatable bonds is 5. The molecule has 0 atom stereocenters. The first-order valence-electron chi connectivity index (χ1n) is 6.37. The molecule has 0 aromatic carbocycles. The molecule has 0 aliphatic carbocycles. The SMILES string of the molecule is CCn1cc(C(=O)Nc2ccnc(OCC(F)(F)F)c2)cn1. The molecule has 2 heterocycles. The van der Waals surface area contributed by atoms with Gasteiger partial charge < -0.3 is 10.1 Å². The largest absolute Gasteiger partial charge is 0.468 e. The number of hydrogen-bond acceptors (Lipinski definition) is 4. The molecule has 0 spiro atoms. The summed E-state index contributed by atoms with van der Waals surface area (Å²) in [6.07, 6.45) is -0.231. The summed E-state index contributed by atoms with van der Waals surface area (Å²) in [6, 6.07) is 2.66. The van der Waals surface area contributed by atoms with Gasteiger partial charge in [0, 0.05) is 30.7 Å². The van der Waals surface area contributed by atoms with Crippen molar-refractivity contribution < 1.29 is 22.7 Å². The van der Waals surface area contributed by atoms with E-state index >= 15 is 0 Å². The average molecular weight is 314 g/mol. The molecule has 0 aliphatic rings. The van der Waals surface area contributed by atoms with Crippen molar-refractivity contribution in [2.24, 2.45) is 0 Å². The van der Waals surface area contributed by atoms with E-state index in [9.17, 15) is 18.0 Å². The second-order valence-corrected chi connectivity index (χ2v) is 4.33. The Morgan fingerprint density at radius 3 is 2.86 bits per heavy atom. The van der Waals surface area contributed by atoms with E-state index in [2.05, 4.69) is 20.1 Å². The quantitative estimate of drug-likeness (QED) is 0.920. The van der Waals surface area contributed by atoms with Crippen LogP contribution in [0.4, 0.5) is 18.9 Å². The Kier molecular flexibility index (Phi) is 4.64. The Morgan fingerprint density at radius 1 is 1.45 bits per heavy atom. The van der Waals surface area contributed by atoms with Crippen LogP contribution < -0.4 is 10.1 Å². The van der Waals surface area contributed by atoms with Gasteiger partial charge >= 0.3 is 6.18 Å². The Bertz CT molecular complexity index is 655. The van der Waals surface area contributed by atoms with E-state index in [1.165, 1.54) is 24.5 Å². The van der Waals surface area contributed by atoms with Crippen molar-refractivity contribution in [2.75, 3.05) is 11.9 Å². The minimum Gasteiger partial charge on any atom is -0.468 e. The summed E-state index contributed by atoms with van der Waals surface area (Å²) in [6.45, 7) is 1.06. The summed E-state index contributed by atoms with van der Waals surface area (Å²) < 4.78 is 42.3. The average Bonchev–Trinajstić information content (AvgIpc) is 2.94. The van der Waals surface area contributed by atoms with E-state index in [4.69, 9.17) is 0 Å². The van der Waals surface area contributed by atoms with E-state index < -0.39 is 18.7 Å². The van der Waals surface area contributed by atoms with Gasteiger partial charge in [-0.25, -0.2) is 4.98 Å². The lowest BCUT2D eigenvalue weighted by molar-refractivity contribution is -0.154. The van der Waals surface area contributed by atoms with Gasteiger partial charge in [-0.1, -0.05) is 0 Å². The van der Waals surface area contributed by atoms with Crippen LogP contribution in [0.15, 0.2) is 30.7 Å². The Hall–Kier alpha value is -2.58. The summed E-state index contributed by atoms with van der Waals surface area (Å²) in [5.41, 5.74) is 0.623. The summed E-state index contributed by atoms with van der Waals surface area (Å²) in [5.74, 6) is -0.646. The van der Waals surface area contributed by atoms with Crippen LogP contribution in [0.2, 0.25) is 0 Å². The molecular formula is C13H13F3N4O2. The third-order valence-electron chi connectivity index (χ3n) is 2.60. The molecule has 0 bridgehead atoms. The number of anilines is 1. The Morgan fingerprint density at radius 2 is 2.23 bits per heavy atom. The highest BCUT2D eigenvalue weighted by molar-refractivity contribution is 6.03. The number of nitrogens with zero attached hydrogens (tertiary/aromatic N) is 3. The highest BCUT2D eigenvalue weighted by atomic mass is 19.4. The van der Waals surface area contributed by atoms with E-state index in [1.54, 1.807) is 10.9 Å². The molecule has 0 saturated heterocycles. The summed E-state index contributed by atoms with van der Waals surface area (Å²) in [5, 5.41) is 6.50. The summed E-state index contributed by atoms with van der Waals surface area (Å²) in [7, 11) is 0. The highest BCUT2D eigenvalue weighted by Gasteiger charge is 2.28. The first kappa shape index (κ1) is 15.8. The second kappa shape index (κ2) is 6.46. The Labute approximate surface area is 123 Å². The molecule has 9 heteroatoms. The zero-order valence-corrected chi connectivity index (χ0v) is 11.6. The number of halogens is 3. The number of pyridine rings is 1. The number of carbonyl (C=O) groups is 1. The summed E-state index contributed by atoms with van der Waals surface area (Å²) in [4.78, 5) is 15.6. The number of hydrogen-bond donors (Lipinski definition) is 1. The van der Waals surface area contributed by atoms with Crippen LogP contribution in [0.5, 0.6) is 5.88 Å². The third kappa shape index (κ3) is 4.47. The van der Waals surface area contributed by atoms with Gasteiger partial charge in [0.25, 0.3) is 5.91 Å². The minimum atomic E-state index is -4.45. The van der Waals surface area contributed by atoms with Crippen molar-refractivity contribution in [1.29, 1.82) is 0 Å². The Balaban J connectivity index is 2.02. The number of nitrogens with one attached hydrogen (secondary N) is 1. The van der Waals surface area contributed by atoms with Crippen LogP contribution in [-0.4, -0.2) is 33.5 Å². The first-order valence-corrected chi connectivity index (χ1v) is 6.37. The highest BCUT2D eigenvalue weighted by Crippen LogP contribution is 2.19. The molecule has 22 heavy (non-hydrogen) atoms. The third-order valence-corrected chi connectivity index (χ3v) is 2.60. The molecule has 6 nitrogen and oxygen atoms in total. The van der Waals surface area contributed by atoms with Crippen LogP contribution in [0.3, 0.4) is 0 Å². The van der Waals surface area contributed by atoms with E-state index in [1.807, 2.05) is 6.92 Å². The minimum absolute atomic E-state index is 0.223. The topological polar surface area (TPSA) is 69.0 Å². The number of carbonyl (C=O) groups excluding carboxylic acids is 1. The maximum atomic E-state index is 12.1. The predicted octanol–water partition coefficient (Wildman–Crippen LogP) is 2.49. The monoisotopic (exact) mass is 314 g/mol. The van der Waals surface area contributed by atoms with Gasteiger partial charge in [0.05, 0.1) is 11.8 Å². The lowest BCUT2D eigenvalue weighted by Crippen LogP contribution is -2.19. The zero-order valence-electron chi connectivity index (χ0n) is 11.6. The molecule has 2 aromatic rings. The number of ether oxygens (including phenoxy) is 1. The molecule has 118 valence electrons. The van der Waals surface area contributed by atoms with Crippen molar-refractivity contribution in [2.45, 2.75) is 19.6 Å². The molecule has 1 amide bonds. The molecule has 0 fully saturated rings. The molecule has 0 saturated carbocycles. The standard InChI is InChI=1S/C13H13F3N4O2/c1-2-20-7-9(6-18-20)12(21)19-10-3-4-17-11(5-10)22-8-13(14,15)16/h3-7H,2,8H2,1H3,(H,17,19,21). The van der Waals surface area contributed by atoms with Gasteiger partial charge in [0.2, 0.25) is 5.88 Å². The fraction of sp³-hybridized carbons (Fsp3) is 0.308. The molecule has 2 aromatic heterocycles. The molecule has 0 unspecified atom stereocenters. The van der Waals surface area contributed by atoms with Gasteiger partial charge in [0.1, 0.15) is 0 Å².